The smallest absolute Gasteiger partial charge is 0.124 e. The lowest BCUT2D eigenvalue weighted by atomic mass is 9.90. The molecule has 0 bridgehead atoms. The maximum Gasteiger partial charge on any atom is 0.124 e. The molecule has 2 aliphatic rings. The van der Waals surface area contributed by atoms with Crippen LogP contribution in [0.1, 0.15) is 24.8 Å². The Hall–Kier alpha value is -0.450. The van der Waals surface area contributed by atoms with Crippen molar-refractivity contribution in [2.45, 2.75) is 31.7 Å². The molecule has 0 radical (unpaired) electrons. The van der Waals surface area contributed by atoms with Gasteiger partial charge in [-0.25, -0.2) is 4.39 Å². The van der Waals surface area contributed by atoms with Gasteiger partial charge in [-0.1, -0.05) is 22.0 Å². The highest BCUT2D eigenvalue weighted by Gasteiger charge is 2.47. The lowest BCUT2D eigenvalue weighted by molar-refractivity contribution is 0.335. The maximum atomic E-state index is 13.1. The van der Waals surface area contributed by atoms with Crippen molar-refractivity contribution in [3.8, 4) is 0 Å². The van der Waals surface area contributed by atoms with Gasteiger partial charge in [0.25, 0.3) is 0 Å². The number of nitrogens with one attached hydrogen (secondary N) is 1. The molecule has 0 amide bonds. The van der Waals surface area contributed by atoms with Crippen molar-refractivity contribution < 1.29 is 4.39 Å². The Labute approximate surface area is 115 Å². The minimum Gasteiger partial charge on any atom is -0.271 e. The van der Waals surface area contributed by atoms with Gasteiger partial charge in [-0.15, -0.1) is 0 Å². The molecule has 0 heterocycles. The topological polar surface area (TPSA) is 38.0 Å². The molecule has 2 aliphatic carbocycles. The van der Waals surface area contributed by atoms with Gasteiger partial charge in [0.1, 0.15) is 5.82 Å². The molecule has 2 fully saturated rings. The zero-order valence-electron chi connectivity index (χ0n) is 10.2. The average molecular weight is 313 g/mol. The van der Waals surface area contributed by atoms with E-state index < -0.39 is 0 Å². The summed E-state index contributed by atoms with van der Waals surface area (Å²) in [6, 6.07) is 5.19. The third-order valence-corrected chi connectivity index (χ3v) is 5.26. The highest BCUT2D eigenvalue weighted by molar-refractivity contribution is 9.10. The molecule has 2 nitrogen and oxygen atoms in total. The number of halogens is 2. The first-order chi connectivity index (χ1) is 8.67. The number of fused-ring (bicyclic) bond motifs is 1. The molecule has 0 spiro atoms. The molecule has 0 saturated heterocycles. The van der Waals surface area contributed by atoms with Crippen LogP contribution in [0.15, 0.2) is 22.7 Å². The summed E-state index contributed by atoms with van der Waals surface area (Å²) < 4.78 is 13.9. The Morgan fingerprint density at radius 1 is 1.33 bits per heavy atom. The van der Waals surface area contributed by atoms with Gasteiger partial charge in [0, 0.05) is 10.5 Å². The second-order valence-corrected chi connectivity index (χ2v) is 6.55. The third kappa shape index (κ3) is 2.46. The molecule has 2 saturated carbocycles. The Morgan fingerprint density at radius 3 is 2.67 bits per heavy atom. The van der Waals surface area contributed by atoms with Crippen molar-refractivity contribution in [3.63, 3.8) is 0 Å². The van der Waals surface area contributed by atoms with Gasteiger partial charge in [0.2, 0.25) is 0 Å². The average Bonchev–Trinajstić information content (AvgIpc) is 2.95. The standard InChI is InChI=1S/C14H18BrFN2/c15-13-7-12(16)2-1-8(13)6-14(18-17)11-4-9-3-10(9)5-11/h1-2,7,9-11,14,18H,3-6,17H2. The summed E-state index contributed by atoms with van der Waals surface area (Å²) in [6.45, 7) is 0. The van der Waals surface area contributed by atoms with E-state index in [1.54, 1.807) is 0 Å². The van der Waals surface area contributed by atoms with Gasteiger partial charge in [0.15, 0.2) is 0 Å². The van der Waals surface area contributed by atoms with Crippen molar-refractivity contribution in [2.24, 2.45) is 23.6 Å². The van der Waals surface area contributed by atoms with Gasteiger partial charge in [-0.3, -0.25) is 11.3 Å². The second kappa shape index (κ2) is 4.91. The number of rotatable bonds is 4. The monoisotopic (exact) mass is 312 g/mol. The zero-order valence-corrected chi connectivity index (χ0v) is 11.8. The first kappa shape index (κ1) is 12.6. The van der Waals surface area contributed by atoms with Gasteiger partial charge >= 0.3 is 0 Å². The van der Waals surface area contributed by atoms with E-state index in [1.807, 2.05) is 6.07 Å². The summed E-state index contributed by atoms with van der Waals surface area (Å²) in [5, 5.41) is 0. The Balaban J connectivity index is 1.69. The molecule has 18 heavy (non-hydrogen) atoms. The van der Waals surface area contributed by atoms with E-state index in [-0.39, 0.29) is 5.82 Å². The van der Waals surface area contributed by atoms with Crippen molar-refractivity contribution in [3.05, 3.63) is 34.1 Å². The van der Waals surface area contributed by atoms with E-state index in [9.17, 15) is 4.39 Å². The molecule has 3 atom stereocenters. The van der Waals surface area contributed by atoms with Crippen molar-refractivity contribution in [2.75, 3.05) is 0 Å². The second-order valence-electron chi connectivity index (χ2n) is 5.70. The first-order valence-electron chi connectivity index (χ1n) is 6.57. The fourth-order valence-corrected chi connectivity index (χ4v) is 3.89. The number of hydrazine groups is 1. The van der Waals surface area contributed by atoms with Crippen LogP contribution in [0.2, 0.25) is 0 Å². The van der Waals surface area contributed by atoms with E-state index in [0.29, 0.717) is 12.0 Å². The minimum absolute atomic E-state index is 0.204. The van der Waals surface area contributed by atoms with Crippen LogP contribution >= 0.6 is 15.9 Å². The van der Waals surface area contributed by atoms with Crippen LogP contribution in [0.4, 0.5) is 4.39 Å². The lowest BCUT2D eigenvalue weighted by Gasteiger charge is -2.24. The van der Waals surface area contributed by atoms with E-state index >= 15 is 0 Å². The molecule has 3 rings (SSSR count). The maximum absolute atomic E-state index is 13.1. The third-order valence-electron chi connectivity index (χ3n) is 4.52. The fourth-order valence-electron chi connectivity index (χ4n) is 3.38. The predicted octanol–water partition coefficient (Wildman–Crippen LogP) is 3.01. The molecule has 98 valence electrons. The van der Waals surface area contributed by atoms with Crippen LogP contribution in [-0.2, 0) is 6.42 Å². The summed E-state index contributed by atoms with van der Waals surface area (Å²) in [5.74, 6) is 8.10. The fraction of sp³-hybridized carbons (Fsp3) is 0.571. The van der Waals surface area contributed by atoms with Crippen LogP contribution in [0, 0.1) is 23.6 Å². The normalized spacial score (nSPS) is 31.2. The van der Waals surface area contributed by atoms with Crippen molar-refractivity contribution >= 4 is 15.9 Å². The number of nitrogens with two attached hydrogens (primary N) is 1. The van der Waals surface area contributed by atoms with Crippen LogP contribution in [0.5, 0.6) is 0 Å². The Morgan fingerprint density at radius 2 is 2.06 bits per heavy atom. The van der Waals surface area contributed by atoms with Crippen molar-refractivity contribution in [1.29, 1.82) is 0 Å². The number of hydrogen-bond donors (Lipinski definition) is 2. The van der Waals surface area contributed by atoms with Crippen molar-refractivity contribution in [1.82, 2.24) is 5.43 Å². The number of hydrogen-bond acceptors (Lipinski definition) is 2. The first-order valence-corrected chi connectivity index (χ1v) is 7.36. The van der Waals surface area contributed by atoms with Gasteiger partial charge in [-0.05, 0) is 61.1 Å². The zero-order chi connectivity index (χ0) is 12.7. The van der Waals surface area contributed by atoms with E-state index in [2.05, 4.69) is 21.4 Å². The van der Waals surface area contributed by atoms with Crippen LogP contribution in [0.25, 0.3) is 0 Å². The largest absolute Gasteiger partial charge is 0.271 e. The van der Waals surface area contributed by atoms with Gasteiger partial charge in [0.05, 0.1) is 0 Å². The SMILES string of the molecule is NNC(Cc1ccc(F)cc1Br)C1CC2CC2C1. The van der Waals surface area contributed by atoms with E-state index in [1.165, 1.54) is 31.4 Å². The lowest BCUT2D eigenvalue weighted by Crippen LogP contribution is -2.42. The molecule has 1 aromatic rings. The summed E-state index contributed by atoms with van der Waals surface area (Å²) in [5.41, 5.74) is 4.09. The van der Waals surface area contributed by atoms with Gasteiger partial charge in [-0.2, -0.15) is 0 Å². The summed E-state index contributed by atoms with van der Waals surface area (Å²) in [7, 11) is 0. The summed E-state index contributed by atoms with van der Waals surface area (Å²) in [4.78, 5) is 0. The Kier molecular flexibility index (Phi) is 3.43. The van der Waals surface area contributed by atoms with Crippen LogP contribution in [0.3, 0.4) is 0 Å². The molecule has 0 aliphatic heterocycles. The van der Waals surface area contributed by atoms with E-state index in [4.69, 9.17) is 5.84 Å². The molecule has 1 aromatic carbocycles. The summed E-state index contributed by atoms with van der Waals surface area (Å²) in [6.07, 6.45) is 4.90. The van der Waals surface area contributed by atoms with Crippen LogP contribution in [-0.4, -0.2) is 6.04 Å². The van der Waals surface area contributed by atoms with E-state index in [0.717, 1.165) is 28.3 Å². The predicted molar refractivity (Wildman–Crippen MR) is 73.2 cm³/mol. The molecule has 4 heteroatoms. The summed E-state index contributed by atoms with van der Waals surface area (Å²) >= 11 is 3.43. The minimum atomic E-state index is -0.204. The van der Waals surface area contributed by atoms with Gasteiger partial charge < -0.3 is 0 Å². The number of benzene rings is 1. The molecular formula is C14H18BrFN2. The Bertz CT molecular complexity index is 441. The molecular weight excluding hydrogens is 295 g/mol. The highest BCUT2D eigenvalue weighted by atomic mass is 79.9. The highest BCUT2D eigenvalue weighted by Crippen LogP contribution is 2.55. The molecule has 3 unspecified atom stereocenters. The molecule has 3 N–H and O–H groups in total. The van der Waals surface area contributed by atoms with Crippen LogP contribution < -0.4 is 11.3 Å². The molecule has 0 aromatic heterocycles. The quantitative estimate of drug-likeness (QED) is 0.662.